The summed E-state index contributed by atoms with van der Waals surface area (Å²) in [4.78, 5) is 21.6. The van der Waals surface area contributed by atoms with Gasteiger partial charge in [0, 0.05) is 12.1 Å². The van der Waals surface area contributed by atoms with E-state index in [2.05, 4.69) is 0 Å². The highest BCUT2D eigenvalue weighted by molar-refractivity contribution is 6.21. The van der Waals surface area contributed by atoms with Gasteiger partial charge in [-0.2, -0.15) is 0 Å². The highest BCUT2D eigenvalue weighted by atomic mass is 16.6. The van der Waals surface area contributed by atoms with Gasteiger partial charge in [-0.1, -0.05) is 60.7 Å². The number of fused-ring (bicyclic) bond motifs is 2. The predicted octanol–water partition coefficient (Wildman–Crippen LogP) is 6.55. The molecule has 0 heterocycles. The van der Waals surface area contributed by atoms with Crippen LogP contribution in [0.15, 0.2) is 84.9 Å². The van der Waals surface area contributed by atoms with E-state index in [-0.39, 0.29) is 0 Å². The van der Waals surface area contributed by atoms with Crippen molar-refractivity contribution in [2.24, 2.45) is 0 Å². The van der Waals surface area contributed by atoms with Gasteiger partial charge in [0.1, 0.15) is 0 Å². The van der Waals surface area contributed by atoms with Crippen LogP contribution in [0.1, 0.15) is 0 Å². The van der Waals surface area contributed by atoms with E-state index >= 15 is 0 Å². The smallest absolute Gasteiger partial charge is 0.311 e. The molecule has 0 spiro atoms. The predicted molar refractivity (Wildman–Crippen MR) is 129 cm³/mol. The maximum absolute atomic E-state index is 11.5. The molecule has 0 aromatic heterocycles. The Hall–Kier alpha value is -4.98. The molecule has 0 aliphatic heterocycles. The maximum Gasteiger partial charge on any atom is 0.311 e. The molecule has 0 bridgehead atoms. The fourth-order valence-corrected chi connectivity index (χ4v) is 4.40. The van der Waals surface area contributed by atoms with Gasteiger partial charge in [0.05, 0.1) is 9.85 Å². The van der Waals surface area contributed by atoms with E-state index in [0.717, 1.165) is 32.7 Å². The van der Waals surface area contributed by atoms with Crippen molar-refractivity contribution >= 4 is 32.9 Å². The normalized spacial score (nSPS) is 11.1. The van der Waals surface area contributed by atoms with E-state index in [1.165, 1.54) is 24.3 Å². The molecule has 5 rings (SSSR count). The summed E-state index contributed by atoms with van der Waals surface area (Å²) in [6, 6.07) is 23.5. The quantitative estimate of drug-likeness (QED) is 0.181. The highest BCUT2D eigenvalue weighted by Crippen LogP contribution is 2.45. The van der Waals surface area contributed by atoms with Crippen LogP contribution in [0.3, 0.4) is 0 Å². The molecule has 0 saturated heterocycles. The van der Waals surface area contributed by atoms with Crippen LogP contribution in [0, 0.1) is 20.2 Å². The lowest BCUT2D eigenvalue weighted by atomic mass is 9.86. The molecule has 0 atom stereocenters. The number of nitro benzene ring substituents is 2. The number of nitro groups is 2. The number of rotatable bonds is 4. The Kier molecular flexibility index (Phi) is 4.83. The minimum Gasteiger partial charge on any atom is -0.502 e. The van der Waals surface area contributed by atoms with Crippen molar-refractivity contribution in [1.82, 2.24) is 0 Å². The van der Waals surface area contributed by atoms with Gasteiger partial charge in [0.2, 0.25) is 0 Å². The topological polar surface area (TPSA) is 127 Å². The Bertz CT molecular complexity index is 1470. The van der Waals surface area contributed by atoms with Crippen molar-refractivity contribution in [2.75, 3.05) is 0 Å². The van der Waals surface area contributed by atoms with Gasteiger partial charge >= 0.3 is 11.4 Å². The molecular weight excluding hydrogens is 436 g/mol. The zero-order valence-electron chi connectivity index (χ0n) is 17.5. The van der Waals surface area contributed by atoms with Crippen LogP contribution in [-0.2, 0) is 0 Å². The van der Waals surface area contributed by atoms with Crippen LogP contribution < -0.4 is 0 Å². The van der Waals surface area contributed by atoms with Gasteiger partial charge in [0.25, 0.3) is 0 Å². The van der Waals surface area contributed by atoms with Crippen LogP contribution >= 0.6 is 0 Å². The number of phenols is 2. The van der Waals surface area contributed by atoms with Crippen molar-refractivity contribution in [3.05, 3.63) is 105 Å². The van der Waals surface area contributed by atoms with Crippen molar-refractivity contribution in [2.45, 2.75) is 0 Å². The summed E-state index contributed by atoms with van der Waals surface area (Å²) in [6.45, 7) is 0. The molecule has 5 aromatic rings. The third kappa shape index (κ3) is 3.25. The first-order chi connectivity index (χ1) is 16.4. The van der Waals surface area contributed by atoms with Crippen molar-refractivity contribution in [3.8, 4) is 33.8 Å². The number of nitrogens with zero attached hydrogens (tertiary/aromatic N) is 2. The Morgan fingerprint density at radius 3 is 1.15 bits per heavy atom. The van der Waals surface area contributed by atoms with Crippen molar-refractivity contribution in [3.63, 3.8) is 0 Å². The zero-order chi connectivity index (χ0) is 24.0. The van der Waals surface area contributed by atoms with Gasteiger partial charge in [0.15, 0.2) is 11.5 Å². The Balaban J connectivity index is 1.93. The van der Waals surface area contributed by atoms with Gasteiger partial charge < -0.3 is 10.2 Å². The Morgan fingerprint density at radius 2 is 0.853 bits per heavy atom. The molecule has 2 N–H and O–H groups in total. The van der Waals surface area contributed by atoms with Crippen LogP contribution in [0.2, 0.25) is 0 Å². The molecule has 5 aromatic carbocycles. The first-order valence-electron chi connectivity index (χ1n) is 10.3. The SMILES string of the molecule is O=[N+]([O-])c1cc(-c2c3ccccc3c(-c3ccc(O)c([N+](=O)[O-])c3)c3ccccc23)ccc1O. The minimum atomic E-state index is -0.632. The summed E-state index contributed by atoms with van der Waals surface area (Å²) < 4.78 is 0. The summed E-state index contributed by atoms with van der Waals surface area (Å²) >= 11 is 0. The van der Waals surface area contributed by atoms with Gasteiger partial charge in [-0.15, -0.1) is 0 Å². The fourth-order valence-electron chi connectivity index (χ4n) is 4.40. The molecule has 34 heavy (non-hydrogen) atoms. The summed E-state index contributed by atoms with van der Waals surface area (Å²) in [5, 5.41) is 45.9. The second kappa shape index (κ2) is 7.86. The molecule has 8 heteroatoms. The van der Waals surface area contributed by atoms with Gasteiger partial charge in [-0.25, -0.2) is 0 Å². The molecule has 0 saturated carbocycles. The number of hydrogen-bond donors (Lipinski definition) is 2. The lowest BCUT2D eigenvalue weighted by Crippen LogP contribution is -1.94. The summed E-state index contributed by atoms with van der Waals surface area (Å²) in [5.74, 6) is -0.842. The third-order valence-corrected chi connectivity index (χ3v) is 5.85. The van der Waals surface area contributed by atoms with Crippen LogP contribution in [0.4, 0.5) is 11.4 Å². The molecule has 0 aliphatic rings. The monoisotopic (exact) mass is 452 g/mol. The first kappa shape index (κ1) is 20.9. The minimum absolute atomic E-state index is 0.399. The highest BCUT2D eigenvalue weighted by Gasteiger charge is 2.21. The standard InChI is InChI=1S/C26H16N2O6/c29-23-11-9-15(13-21(23)27(31)32)25-17-5-1-2-6-18(17)26(20-8-4-3-7-19(20)25)16-10-12-24(30)22(14-16)28(33)34/h1-14,29-30H. The van der Waals surface area contributed by atoms with Crippen LogP contribution in [-0.4, -0.2) is 20.1 Å². The maximum atomic E-state index is 11.5. The van der Waals surface area contributed by atoms with Crippen molar-refractivity contribution in [1.29, 1.82) is 0 Å². The van der Waals surface area contributed by atoms with Crippen LogP contribution in [0.25, 0.3) is 43.8 Å². The summed E-state index contributed by atoms with van der Waals surface area (Å²) in [6.07, 6.45) is 0. The van der Waals surface area contributed by atoms with E-state index in [0.29, 0.717) is 11.1 Å². The second-order valence-corrected chi connectivity index (χ2v) is 7.76. The average molecular weight is 452 g/mol. The fraction of sp³-hybridized carbons (Fsp3) is 0. The Morgan fingerprint density at radius 1 is 0.529 bits per heavy atom. The van der Waals surface area contributed by atoms with E-state index in [1.54, 1.807) is 12.1 Å². The zero-order valence-corrected chi connectivity index (χ0v) is 17.5. The Labute approximate surface area is 192 Å². The number of hydrogen-bond acceptors (Lipinski definition) is 6. The van der Waals surface area contributed by atoms with Crippen molar-refractivity contribution < 1.29 is 20.1 Å². The summed E-state index contributed by atoms with van der Waals surface area (Å²) in [5.41, 5.74) is 1.80. The molecule has 8 nitrogen and oxygen atoms in total. The number of benzene rings is 5. The molecule has 0 unspecified atom stereocenters. The summed E-state index contributed by atoms with van der Waals surface area (Å²) in [7, 11) is 0. The second-order valence-electron chi connectivity index (χ2n) is 7.76. The molecule has 0 radical (unpaired) electrons. The third-order valence-electron chi connectivity index (χ3n) is 5.85. The van der Waals surface area contributed by atoms with Gasteiger partial charge in [-0.3, -0.25) is 20.2 Å². The van der Waals surface area contributed by atoms with E-state index in [9.17, 15) is 30.4 Å². The molecule has 0 aliphatic carbocycles. The van der Waals surface area contributed by atoms with Gasteiger partial charge in [-0.05, 0) is 55.9 Å². The largest absolute Gasteiger partial charge is 0.502 e. The first-order valence-corrected chi connectivity index (χ1v) is 10.3. The number of aromatic hydroxyl groups is 2. The molecular formula is C26H16N2O6. The van der Waals surface area contributed by atoms with E-state index in [4.69, 9.17) is 0 Å². The van der Waals surface area contributed by atoms with Crippen LogP contribution in [0.5, 0.6) is 11.5 Å². The number of phenolic OH excluding ortho intramolecular Hbond substituents is 2. The van der Waals surface area contributed by atoms with E-state index in [1.807, 2.05) is 48.5 Å². The lowest BCUT2D eigenvalue weighted by molar-refractivity contribution is -0.385. The van der Waals surface area contributed by atoms with E-state index < -0.39 is 32.7 Å². The average Bonchev–Trinajstić information content (AvgIpc) is 2.83. The lowest BCUT2D eigenvalue weighted by Gasteiger charge is -2.17. The molecule has 166 valence electrons. The molecule has 0 amide bonds. The molecule has 0 fully saturated rings.